The standard InChI is InChI=1S/C40H74N4O12S/c1-57-33-38(48)43-24-27-54-29-28-53-26-23-42-37(47)32-56-31-30-55-25-22-41-35(45)21-20-34(40(51)52)44-36(46)18-16-14-12-10-8-6-4-2-3-5-7-9-11-13-15-17-19-39(49)50/h34H,2-33H2,1H3,(H,41,45)(H,42,47)(H,43,48)(H,44,46)(H,49,50)(H,51,52)/t34-/m0/s1. The highest BCUT2D eigenvalue weighted by Gasteiger charge is 2.20. The molecule has 0 radical (unpaired) electrons. The molecule has 16 nitrogen and oxygen atoms in total. The van der Waals surface area contributed by atoms with Gasteiger partial charge < -0.3 is 50.4 Å². The van der Waals surface area contributed by atoms with Crippen molar-refractivity contribution in [3.63, 3.8) is 0 Å². The number of unbranched alkanes of at least 4 members (excludes halogenated alkanes) is 15. The largest absolute Gasteiger partial charge is 0.481 e. The zero-order valence-corrected chi connectivity index (χ0v) is 35.4. The van der Waals surface area contributed by atoms with Crippen molar-refractivity contribution in [1.29, 1.82) is 0 Å². The lowest BCUT2D eigenvalue weighted by molar-refractivity contribution is -0.142. The molecule has 57 heavy (non-hydrogen) atoms. The first-order chi connectivity index (χ1) is 27.6. The Balaban J connectivity index is 3.62. The Hall–Kier alpha value is -2.99. The van der Waals surface area contributed by atoms with E-state index < -0.39 is 18.0 Å². The van der Waals surface area contributed by atoms with Crippen molar-refractivity contribution in [3.05, 3.63) is 0 Å². The van der Waals surface area contributed by atoms with Gasteiger partial charge in [0.25, 0.3) is 0 Å². The number of hydrogen-bond donors (Lipinski definition) is 6. The molecule has 0 aliphatic heterocycles. The predicted octanol–water partition coefficient (Wildman–Crippen LogP) is 4.22. The minimum Gasteiger partial charge on any atom is -0.481 e. The van der Waals surface area contributed by atoms with Gasteiger partial charge in [0.1, 0.15) is 12.6 Å². The fourth-order valence-corrected chi connectivity index (χ4v) is 6.02. The molecule has 0 spiro atoms. The second kappa shape index (κ2) is 41.2. The van der Waals surface area contributed by atoms with Crippen LogP contribution in [0, 0.1) is 0 Å². The van der Waals surface area contributed by atoms with Gasteiger partial charge >= 0.3 is 11.9 Å². The average Bonchev–Trinajstić information content (AvgIpc) is 3.17. The Kier molecular flexibility index (Phi) is 39.0. The molecule has 1 atom stereocenters. The number of ether oxygens (including phenoxy) is 4. The molecule has 0 saturated heterocycles. The number of amides is 4. The Morgan fingerprint density at radius 2 is 0.877 bits per heavy atom. The van der Waals surface area contributed by atoms with E-state index in [2.05, 4.69) is 21.3 Å². The van der Waals surface area contributed by atoms with E-state index in [9.17, 15) is 33.9 Å². The van der Waals surface area contributed by atoms with E-state index in [1.165, 1.54) is 69.5 Å². The van der Waals surface area contributed by atoms with Gasteiger partial charge in [0.2, 0.25) is 23.6 Å². The second-order valence-corrected chi connectivity index (χ2v) is 14.8. The Labute approximate surface area is 344 Å². The molecule has 0 rings (SSSR count). The van der Waals surface area contributed by atoms with Crippen molar-refractivity contribution in [2.75, 3.05) is 84.5 Å². The van der Waals surface area contributed by atoms with Gasteiger partial charge in [-0.15, -0.1) is 0 Å². The third-order valence-electron chi connectivity index (χ3n) is 8.80. The predicted molar refractivity (Wildman–Crippen MR) is 220 cm³/mol. The van der Waals surface area contributed by atoms with Gasteiger partial charge in [-0.25, -0.2) is 4.79 Å². The number of nitrogens with one attached hydrogen (secondary N) is 4. The minimum atomic E-state index is -1.17. The normalized spacial score (nSPS) is 11.5. The molecule has 0 fully saturated rings. The first-order valence-corrected chi connectivity index (χ1v) is 22.4. The maximum atomic E-state index is 12.3. The molecule has 0 heterocycles. The first kappa shape index (κ1) is 54.0. The molecule has 332 valence electrons. The van der Waals surface area contributed by atoms with Gasteiger partial charge in [0, 0.05) is 38.9 Å². The van der Waals surface area contributed by atoms with E-state index in [-0.39, 0.29) is 82.3 Å². The molecule has 17 heteroatoms. The summed E-state index contributed by atoms with van der Waals surface area (Å²) in [5, 5.41) is 28.8. The fourth-order valence-electron chi connectivity index (χ4n) is 5.65. The summed E-state index contributed by atoms with van der Waals surface area (Å²) < 4.78 is 21.4. The number of carboxylic acids is 2. The van der Waals surface area contributed by atoms with Gasteiger partial charge in [-0.3, -0.25) is 24.0 Å². The van der Waals surface area contributed by atoms with Crippen LogP contribution in [-0.4, -0.2) is 136 Å². The van der Waals surface area contributed by atoms with Gasteiger partial charge in [0.05, 0.1) is 52.0 Å². The molecule has 0 bridgehead atoms. The smallest absolute Gasteiger partial charge is 0.326 e. The summed E-state index contributed by atoms with van der Waals surface area (Å²) in [7, 11) is 0. The van der Waals surface area contributed by atoms with Crippen LogP contribution in [0.5, 0.6) is 0 Å². The quantitative estimate of drug-likeness (QED) is 0.0474. The molecule has 0 unspecified atom stereocenters. The summed E-state index contributed by atoms with van der Waals surface area (Å²) in [6.45, 7) is 3.00. The summed E-state index contributed by atoms with van der Waals surface area (Å²) in [5.41, 5.74) is 0. The minimum absolute atomic E-state index is 0.0128. The SMILES string of the molecule is CSCC(=O)NCCOCCOCCNC(=O)COCCOCCNC(=O)CC[C@H](NC(=O)CCCCCCCCCCCCCCCCCCC(=O)O)C(=O)O. The highest BCUT2D eigenvalue weighted by atomic mass is 32.2. The first-order valence-electron chi connectivity index (χ1n) is 21.0. The topological polar surface area (TPSA) is 228 Å². The maximum absolute atomic E-state index is 12.3. The molecule has 0 aliphatic carbocycles. The second-order valence-electron chi connectivity index (χ2n) is 13.9. The summed E-state index contributed by atoms with van der Waals surface area (Å²) in [6.07, 6.45) is 20.3. The van der Waals surface area contributed by atoms with Crippen molar-refractivity contribution in [1.82, 2.24) is 21.3 Å². The van der Waals surface area contributed by atoms with E-state index in [0.29, 0.717) is 51.7 Å². The summed E-state index contributed by atoms with van der Waals surface area (Å²) in [5.74, 6) is -2.41. The molecule has 0 aliphatic rings. The average molecular weight is 835 g/mol. The van der Waals surface area contributed by atoms with Crippen LogP contribution in [0.15, 0.2) is 0 Å². The van der Waals surface area contributed by atoms with Crippen LogP contribution >= 0.6 is 11.8 Å². The molecular formula is C40H74N4O12S. The van der Waals surface area contributed by atoms with Gasteiger partial charge in [-0.1, -0.05) is 89.9 Å². The Morgan fingerprint density at radius 3 is 1.32 bits per heavy atom. The van der Waals surface area contributed by atoms with Crippen molar-refractivity contribution in [2.24, 2.45) is 0 Å². The molecule has 4 amide bonds. The highest BCUT2D eigenvalue weighted by molar-refractivity contribution is 7.99. The number of carboxylic acid groups (broad SMARTS) is 2. The number of thioether (sulfide) groups is 1. The molecular weight excluding hydrogens is 761 g/mol. The van der Waals surface area contributed by atoms with Gasteiger partial charge in [0.15, 0.2) is 0 Å². The van der Waals surface area contributed by atoms with Crippen LogP contribution in [0.25, 0.3) is 0 Å². The molecule has 0 aromatic carbocycles. The van der Waals surface area contributed by atoms with Crippen molar-refractivity contribution < 1.29 is 57.9 Å². The molecule has 0 saturated carbocycles. The number of carbonyl (C=O) groups excluding carboxylic acids is 4. The van der Waals surface area contributed by atoms with E-state index in [1.807, 2.05) is 6.26 Å². The highest BCUT2D eigenvalue weighted by Crippen LogP contribution is 2.14. The summed E-state index contributed by atoms with van der Waals surface area (Å²) in [6, 6.07) is -1.13. The van der Waals surface area contributed by atoms with Crippen molar-refractivity contribution >= 4 is 47.3 Å². The maximum Gasteiger partial charge on any atom is 0.326 e. The number of carbonyl (C=O) groups is 6. The van der Waals surface area contributed by atoms with Crippen LogP contribution < -0.4 is 21.3 Å². The van der Waals surface area contributed by atoms with E-state index in [4.69, 9.17) is 24.1 Å². The number of hydrogen-bond acceptors (Lipinski definition) is 11. The van der Waals surface area contributed by atoms with E-state index in [0.717, 1.165) is 38.5 Å². The van der Waals surface area contributed by atoms with Crippen molar-refractivity contribution in [2.45, 2.75) is 134 Å². The van der Waals surface area contributed by atoms with Crippen LogP contribution in [0.2, 0.25) is 0 Å². The van der Waals surface area contributed by atoms with E-state index >= 15 is 0 Å². The molecule has 6 N–H and O–H groups in total. The number of aliphatic carboxylic acids is 2. The lowest BCUT2D eigenvalue weighted by atomic mass is 10.0. The van der Waals surface area contributed by atoms with Gasteiger partial charge in [-0.2, -0.15) is 11.8 Å². The Bertz CT molecular complexity index is 1060. The van der Waals surface area contributed by atoms with Crippen LogP contribution in [-0.2, 0) is 47.7 Å². The van der Waals surface area contributed by atoms with Crippen LogP contribution in [0.3, 0.4) is 0 Å². The molecule has 0 aromatic rings. The van der Waals surface area contributed by atoms with Crippen LogP contribution in [0.1, 0.15) is 128 Å². The molecule has 0 aromatic heterocycles. The monoisotopic (exact) mass is 835 g/mol. The zero-order chi connectivity index (χ0) is 42.0. The van der Waals surface area contributed by atoms with Crippen molar-refractivity contribution in [3.8, 4) is 0 Å². The Morgan fingerprint density at radius 1 is 0.474 bits per heavy atom. The fraction of sp³-hybridized carbons (Fsp3) is 0.850. The summed E-state index contributed by atoms with van der Waals surface area (Å²) in [4.78, 5) is 69.8. The number of rotatable bonds is 43. The van der Waals surface area contributed by atoms with Gasteiger partial charge in [-0.05, 0) is 25.5 Å². The third-order valence-corrected chi connectivity index (χ3v) is 9.35. The van der Waals surface area contributed by atoms with E-state index in [1.54, 1.807) is 0 Å². The van der Waals surface area contributed by atoms with Crippen LogP contribution in [0.4, 0.5) is 0 Å². The lowest BCUT2D eigenvalue weighted by Gasteiger charge is -2.14. The summed E-state index contributed by atoms with van der Waals surface area (Å²) >= 11 is 1.46. The lowest BCUT2D eigenvalue weighted by Crippen LogP contribution is -2.41. The third kappa shape index (κ3) is 41.0. The zero-order valence-electron chi connectivity index (χ0n) is 34.6.